The Balaban J connectivity index is 2.65. The molecule has 0 aliphatic carbocycles. The first-order valence-electron chi connectivity index (χ1n) is 5.74. The van der Waals surface area contributed by atoms with Gasteiger partial charge in [-0.1, -0.05) is 26.0 Å². The molecule has 1 heterocycles. The molecule has 3 heteroatoms. The van der Waals surface area contributed by atoms with Gasteiger partial charge in [0, 0.05) is 7.05 Å². The number of fused-ring (bicyclic) bond motifs is 1. The number of hydrogen-bond donors (Lipinski definition) is 1. The van der Waals surface area contributed by atoms with Gasteiger partial charge in [-0.3, -0.25) is 0 Å². The molecule has 0 radical (unpaired) electrons. The SMILES string of the molecule is CNCc1nc2c(C(C)C)cccc2n1C. The molecule has 0 bridgehead atoms. The van der Waals surface area contributed by atoms with Crippen LogP contribution in [0.4, 0.5) is 0 Å². The maximum absolute atomic E-state index is 4.72. The van der Waals surface area contributed by atoms with Crippen molar-refractivity contribution < 1.29 is 0 Å². The van der Waals surface area contributed by atoms with Gasteiger partial charge >= 0.3 is 0 Å². The Labute approximate surface area is 96.5 Å². The average molecular weight is 217 g/mol. The van der Waals surface area contributed by atoms with E-state index >= 15 is 0 Å². The van der Waals surface area contributed by atoms with Crippen LogP contribution in [0.25, 0.3) is 11.0 Å². The van der Waals surface area contributed by atoms with Crippen molar-refractivity contribution in [3.05, 3.63) is 29.6 Å². The van der Waals surface area contributed by atoms with Crippen LogP contribution < -0.4 is 5.32 Å². The summed E-state index contributed by atoms with van der Waals surface area (Å²) in [6.07, 6.45) is 0. The largest absolute Gasteiger partial charge is 0.330 e. The lowest BCUT2D eigenvalue weighted by Crippen LogP contribution is -2.10. The number of aryl methyl sites for hydroxylation is 1. The number of nitrogens with zero attached hydrogens (tertiary/aromatic N) is 2. The van der Waals surface area contributed by atoms with Crippen LogP contribution in [0.1, 0.15) is 31.2 Å². The smallest absolute Gasteiger partial charge is 0.123 e. The Kier molecular flexibility index (Phi) is 2.97. The molecule has 1 N–H and O–H groups in total. The maximum atomic E-state index is 4.72. The fourth-order valence-corrected chi connectivity index (χ4v) is 2.07. The van der Waals surface area contributed by atoms with Crippen molar-refractivity contribution in [3.8, 4) is 0 Å². The van der Waals surface area contributed by atoms with Crippen molar-refractivity contribution in [2.24, 2.45) is 7.05 Å². The normalized spacial score (nSPS) is 11.6. The standard InChI is InChI=1S/C13H19N3/c1-9(2)10-6-5-7-11-13(10)15-12(8-14-3)16(11)4/h5-7,9,14H,8H2,1-4H3. The van der Waals surface area contributed by atoms with Gasteiger partial charge in [0.2, 0.25) is 0 Å². The van der Waals surface area contributed by atoms with Crippen LogP contribution in [-0.4, -0.2) is 16.6 Å². The zero-order valence-corrected chi connectivity index (χ0v) is 10.4. The Morgan fingerprint density at radius 1 is 1.38 bits per heavy atom. The summed E-state index contributed by atoms with van der Waals surface area (Å²) in [4.78, 5) is 4.72. The van der Waals surface area contributed by atoms with E-state index in [1.807, 2.05) is 7.05 Å². The van der Waals surface area contributed by atoms with Gasteiger partial charge in [0.15, 0.2) is 0 Å². The van der Waals surface area contributed by atoms with Crippen molar-refractivity contribution in [1.82, 2.24) is 14.9 Å². The fraction of sp³-hybridized carbons (Fsp3) is 0.462. The Hall–Kier alpha value is -1.35. The molecule has 1 aromatic heterocycles. The lowest BCUT2D eigenvalue weighted by molar-refractivity contribution is 0.719. The van der Waals surface area contributed by atoms with E-state index in [2.05, 4.69) is 49.0 Å². The molecule has 0 atom stereocenters. The number of para-hydroxylation sites is 1. The molecule has 0 saturated heterocycles. The first kappa shape index (κ1) is 11.1. The Bertz CT molecular complexity index is 497. The number of imidazole rings is 1. The summed E-state index contributed by atoms with van der Waals surface area (Å²) >= 11 is 0. The second kappa shape index (κ2) is 4.26. The van der Waals surface area contributed by atoms with Gasteiger partial charge in [0.05, 0.1) is 17.6 Å². The van der Waals surface area contributed by atoms with E-state index in [1.54, 1.807) is 0 Å². The fourth-order valence-electron chi connectivity index (χ4n) is 2.07. The molecule has 2 rings (SSSR count). The quantitative estimate of drug-likeness (QED) is 0.855. The molecule has 1 aromatic carbocycles. The minimum atomic E-state index is 0.515. The van der Waals surface area contributed by atoms with E-state index in [0.717, 1.165) is 17.9 Å². The van der Waals surface area contributed by atoms with E-state index in [1.165, 1.54) is 11.1 Å². The van der Waals surface area contributed by atoms with E-state index < -0.39 is 0 Å². The summed E-state index contributed by atoms with van der Waals surface area (Å²) < 4.78 is 2.16. The summed E-state index contributed by atoms with van der Waals surface area (Å²) in [5.41, 5.74) is 3.69. The van der Waals surface area contributed by atoms with Gasteiger partial charge < -0.3 is 9.88 Å². The van der Waals surface area contributed by atoms with Crippen LogP contribution in [0.3, 0.4) is 0 Å². The van der Waals surface area contributed by atoms with Crippen LogP contribution in [0.2, 0.25) is 0 Å². The monoisotopic (exact) mass is 217 g/mol. The third-order valence-electron chi connectivity index (χ3n) is 2.99. The Morgan fingerprint density at radius 2 is 2.12 bits per heavy atom. The predicted molar refractivity (Wildman–Crippen MR) is 67.6 cm³/mol. The second-order valence-electron chi connectivity index (χ2n) is 4.49. The van der Waals surface area contributed by atoms with E-state index in [9.17, 15) is 0 Å². The first-order chi connectivity index (χ1) is 7.65. The number of benzene rings is 1. The summed E-state index contributed by atoms with van der Waals surface area (Å²) in [6.45, 7) is 5.23. The van der Waals surface area contributed by atoms with Crippen molar-refractivity contribution in [3.63, 3.8) is 0 Å². The molecule has 3 nitrogen and oxygen atoms in total. The first-order valence-corrected chi connectivity index (χ1v) is 5.74. The van der Waals surface area contributed by atoms with Gasteiger partial charge in [0.1, 0.15) is 5.82 Å². The topological polar surface area (TPSA) is 29.9 Å². The number of rotatable bonds is 3. The molecular weight excluding hydrogens is 198 g/mol. The van der Waals surface area contributed by atoms with Crippen molar-refractivity contribution in [2.75, 3.05) is 7.05 Å². The van der Waals surface area contributed by atoms with E-state index in [4.69, 9.17) is 4.98 Å². The van der Waals surface area contributed by atoms with Gasteiger partial charge in [0.25, 0.3) is 0 Å². The van der Waals surface area contributed by atoms with Crippen molar-refractivity contribution in [2.45, 2.75) is 26.3 Å². The molecule has 0 saturated carbocycles. The molecule has 86 valence electrons. The van der Waals surface area contributed by atoms with Crippen LogP contribution >= 0.6 is 0 Å². The minimum absolute atomic E-state index is 0.515. The number of aromatic nitrogens is 2. The summed E-state index contributed by atoms with van der Waals surface area (Å²) in [7, 11) is 4.02. The molecule has 16 heavy (non-hydrogen) atoms. The average Bonchev–Trinajstić information content (AvgIpc) is 2.57. The predicted octanol–water partition coefficient (Wildman–Crippen LogP) is 2.42. The molecule has 2 aromatic rings. The van der Waals surface area contributed by atoms with Crippen molar-refractivity contribution >= 4 is 11.0 Å². The number of nitrogens with one attached hydrogen (secondary N) is 1. The van der Waals surface area contributed by atoms with Crippen LogP contribution in [0.5, 0.6) is 0 Å². The van der Waals surface area contributed by atoms with Crippen LogP contribution in [0.15, 0.2) is 18.2 Å². The van der Waals surface area contributed by atoms with E-state index in [-0.39, 0.29) is 0 Å². The van der Waals surface area contributed by atoms with E-state index in [0.29, 0.717) is 5.92 Å². The summed E-state index contributed by atoms with van der Waals surface area (Å²) in [5, 5.41) is 3.15. The lowest BCUT2D eigenvalue weighted by Gasteiger charge is -2.05. The third-order valence-corrected chi connectivity index (χ3v) is 2.99. The van der Waals surface area contributed by atoms with Gasteiger partial charge in [-0.15, -0.1) is 0 Å². The zero-order valence-electron chi connectivity index (χ0n) is 10.4. The van der Waals surface area contributed by atoms with Gasteiger partial charge in [-0.2, -0.15) is 0 Å². The zero-order chi connectivity index (χ0) is 11.7. The third kappa shape index (κ3) is 1.71. The van der Waals surface area contributed by atoms with Crippen LogP contribution in [0, 0.1) is 0 Å². The summed E-state index contributed by atoms with van der Waals surface area (Å²) in [5.74, 6) is 1.60. The highest BCUT2D eigenvalue weighted by Crippen LogP contribution is 2.25. The molecule has 0 aliphatic rings. The molecule has 0 fully saturated rings. The molecular formula is C13H19N3. The lowest BCUT2D eigenvalue weighted by atomic mass is 10.0. The van der Waals surface area contributed by atoms with Crippen LogP contribution in [-0.2, 0) is 13.6 Å². The maximum Gasteiger partial charge on any atom is 0.123 e. The minimum Gasteiger partial charge on any atom is -0.330 e. The summed E-state index contributed by atoms with van der Waals surface area (Å²) in [6, 6.07) is 6.42. The van der Waals surface area contributed by atoms with Gasteiger partial charge in [-0.25, -0.2) is 4.98 Å². The molecule has 0 aliphatic heterocycles. The molecule has 0 unspecified atom stereocenters. The highest BCUT2D eigenvalue weighted by Gasteiger charge is 2.11. The second-order valence-corrected chi connectivity index (χ2v) is 4.49. The Morgan fingerprint density at radius 3 is 2.75 bits per heavy atom. The number of hydrogen-bond acceptors (Lipinski definition) is 2. The highest BCUT2D eigenvalue weighted by molar-refractivity contribution is 5.80. The molecule has 0 spiro atoms. The molecule has 0 amide bonds. The highest BCUT2D eigenvalue weighted by atomic mass is 15.1. The van der Waals surface area contributed by atoms with Crippen molar-refractivity contribution in [1.29, 1.82) is 0 Å². The van der Waals surface area contributed by atoms with Gasteiger partial charge in [-0.05, 0) is 24.6 Å².